The summed E-state index contributed by atoms with van der Waals surface area (Å²) in [6.07, 6.45) is 0.519. The fourth-order valence-corrected chi connectivity index (χ4v) is 5.73. The number of fused-ring (bicyclic) bond motifs is 3. The third kappa shape index (κ3) is 4.02. The van der Waals surface area contributed by atoms with Gasteiger partial charge in [-0.25, -0.2) is 4.39 Å². The lowest BCUT2D eigenvalue weighted by molar-refractivity contribution is -0.134. The molecule has 0 aliphatic carbocycles. The Bertz CT molecular complexity index is 1470. The number of nitrogens with zero attached hydrogens (tertiary/aromatic N) is 2. The first kappa shape index (κ1) is 24.5. The van der Waals surface area contributed by atoms with E-state index in [-0.39, 0.29) is 35.9 Å². The van der Waals surface area contributed by atoms with Crippen molar-refractivity contribution in [3.8, 4) is 6.07 Å². The Kier molecular flexibility index (Phi) is 5.98. The van der Waals surface area contributed by atoms with Crippen LogP contribution in [0.2, 0.25) is 0 Å². The fourth-order valence-electron chi connectivity index (χ4n) is 5.73. The second kappa shape index (κ2) is 9.04. The minimum absolute atomic E-state index is 0.0514. The van der Waals surface area contributed by atoms with Crippen LogP contribution in [0.3, 0.4) is 0 Å². The van der Waals surface area contributed by atoms with E-state index in [1.807, 2.05) is 39.0 Å². The number of carbonyl (C=O) groups excluding carboxylic acids is 3. The summed E-state index contributed by atoms with van der Waals surface area (Å²) >= 11 is 0. The summed E-state index contributed by atoms with van der Waals surface area (Å²) in [5.41, 5.74) is 2.03. The van der Waals surface area contributed by atoms with Gasteiger partial charge in [0.15, 0.2) is 0 Å². The number of halogens is 1. The second-order valence-electron chi connectivity index (χ2n) is 10.4. The fraction of sp³-hybridized carbons (Fsp3) is 0.357. The molecule has 1 aromatic heterocycles. The number of aromatic nitrogens is 1. The lowest BCUT2D eigenvalue weighted by atomic mass is 9.78. The molecule has 0 bridgehead atoms. The average molecular weight is 502 g/mol. The summed E-state index contributed by atoms with van der Waals surface area (Å²) in [6, 6.07) is 12.0. The maximum Gasteiger partial charge on any atom is 0.268 e. The van der Waals surface area contributed by atoms with Crippen molar-refractivity contribution >= 4 is 34.3 Å². The molecule has 2 aromatic carbocycles. The highest BCUT2D eigenvalue weighted by molar-refractivity contribution is 6.08. The standard InChI is InChI=1S/C28H28FN5O3/c1-15(2)10-23(32-25(35)22-11-18-19(29)7-5-8-20(18)31-22)26(36)34-14-28(12-17(34)13-30)24-16(3)6-4-9-21(24)33-27(28)37/h4-9,11,15,17,23,31H,10,12,14H2,1-3H3,(H,32,35)(H,33,37)/t17-,23-,28-/m0/s1. The van der Waals surface area contributed by atoms with Crippen LogP contribution in [0.1, 0.15) is 48.3 Å². The van der Waals surface area contributed by atoms with Crippen molar-refractivity contribution in [3.63, 3.8) is 0 Å². The highest BCUT2D eigenvalue weighted by Gasteiger charge is 2.57. The number of carbonyl (C=O) groups is 3. The van der Waals surface area contributed by atoms with Crippen molar-refractivity contribution in [2.24, 2.45) is 5.92 Å². The lowest BCUT2D eigenvalue weighted by Gasteiger charge is -2.28. The van der Waals surface area contributed by atoms with Crippen LogP contribution in [0.15, 0.2) is 42.5 Å². The molecule has 3 N–H and O–H groups in total. The molecular formula is C28H28FN5O3. The number of amides is 3. The molecule has 0 saturated carbocycles. The van der Waals surface area contributed by atoms with E-state index in [0.29, 0.717) is 17.6 Å². The van der Waals surface area contributed by atoms with Crippen molar-refractivity contribution in [3.05, 3.63) is 65.1 Å². The minimum atomic E-state index is -1.02. The van der Waals surface area contributed by atoms with Gasteiger partial charge in [0, 0.05) is 29.6 Å². The molecule has 5 rings (SSSR count). The molecule has 9 heteroatoms. The molecule has 3 atom stereocenters. The Balaban J connectivity index is 1.44. The third-order valence-corrected chi connectivity index (χ3v) is 7.39. The number of aryl methyl sites for hydroxylation is 1. The van der Waals surface area contributed by atoms with E-state index in [1.165, 1.54) is 17.0 Å². The number of aromatic amines is 1. The number of nitrogens with one attached hydrogen (secondary N) is 3. The van der Waals surface area contributed by atoms with Crippen molar-refractivity contribution in [2.45, 2.75) is 51.1 Å². The number of benzene rings is 2. The molecule has 3 heterocycles. The van der Waals surface area contributed by atoms with E-state index < -0.39 is 35.1 Å². The number of hydrogen-bond donors (Lipinski definition) is 3. The molecule has 0 radical (unpaired) electrons. The minimum Gasteiger partial charge on any atom is -0.350 e. The number of H-pyrrole nitrogens is 1. The Hall–Kier alpha value is -4.19. The molecule has 0 unspecified atom stereocenters. The summed E-state index contributed by atoms with van der Waals surface area (Å²) < 4.78 is 14.1. The van der Waals surface area contributed by atoms with E-state index in [0.717, 1.165) is 11.1 Å². The monoisotopic (exact) mass is 501 g/mol. The van der Waals surface area contributed by atoms with Crippen molar-refractivity contribution in [1.29, 1.82) is 5.26 Å². The van der Waals surface area contributed by atoms with Gasteiger partial charge in [-0.3, -0.25) is 14.4 Å². The van der Waals surface area contributed by atoms with Crippen LogP contribution in [-0.4, -0.2) is 46.2 Å². The van der Waals surface area contributed by atoms with Crippen molar-refractivity contribution in [2.75, 3.05) is 11.9 Å². The highest BCUT2D eigenvalue weighted by Crippen LogP contribution is 2.47. The molecular weight excluding hydrogens is 473 g/mol. The first-order chi connectivity index (χ1) is 17.6. The SMILES string of the molecule is Cc1cccc2c1[C@@]1(C[C@@H](C#N)N(C(=O)[C@H](CC(C)C)NC(=O)c3cc4c(F)cccc4[nH]3)C1)C(=O)N2. The molecule has 1 fully saturated rings. The van der Waals surface area contributed by atoms with Gasteiger partial charge < -0.3 is 20.5 Å². The Labute approximate surface area is 213 Å². The second-order valence-corrected chi connectivity index (χ2v) is 10.4. The van der Waals surface area contributed by atoms with Crippen molar-refractivity contribution < 1.29 is 18.8 Å². The predicted octanol–water partition coefficient (Wildman–Crippen LogP) is 3.77. The van der Waals surface area contributed by atoms with Gasteiger partial charge in [-0.2, -0.15) is 5.26 Å². The smallest absolute Gasteiger partial charge is 0.268 e. The van der Waals surface area contributed by atoms with Gasteiger partial charge in [0.05, 0.1) is 11.5 Å². The van der Waals surface area contributed by atoms with E-state index in [9.17, 15) is 24.0 Å². The van der Waals surface area contributed by atoms with Gasteiger partial charge >= 0.3 is 0 Å². The highest BCUT2D eigenvalue weighted by atomic mass is 19.1. The van der Waals surface area contributed by atoms with E-state index >= 15 is 0 Å². The summed E-state index contributed by atoms with van der Waals surface area (Å²) in [7, 11) is 0. The molecule has 1 saturated heterocycles. The average Bonchev–Trinajstić information content (AvgIpc) is 3.53. The van der Waals surface area contributed by atoms with Gasteiger partial charge in [-0.1, -0.05) is 32.0 Å². The van der Waals surface area contributed by atoms with Crippen LogP contribution < -0.4 is 10.6 Å². The maximum absolute atomic E-state index is 14.1. The zero-order chi connectivity index (χ0) is 26.5. The first-order valence-corrected chi connectivity index (χ1v) is 12.3. The van der Waals surface area contributed by atoms with Crippen LogP contribution in [-0.2, 0) is 15.0 Å². The van der Waals surface area contributed by atoms with Crippen LogP contribution in [0, 0.1) is 30.0 Å². The molecule has 2 aliphatic rings. The van der Waals surface area contributed by atoms with Gasteiger partial charge in [0.25, 0.3) is 5.91 Å². The molecule has 3 amide bonds. The number of likely N-dealkylation sites (tertiary alicyclic amines) is 1. The molecule has 8 nitrogen and oxygen atoms in total. The van der Waals surface area contributed by atoms with Crippen LogP contribution in [0.4, 0.5) is 10.1 Å². The summed E-state index contributed by atoms with van der Waals surface area (Å²) in [4.78, 5) is 44.5. The van der Waals surface area contributed by atoms with Crippen LogP contribution >= 0.6 is 0 Å². The molecule has 2 aliphatic heterocycles. The normalized spacial score (nSPS) is 21.2. The zero-order valence-corrected chi connectivity index (χ0v) is 20.9. The topological polar surface area (TPSA) is 118 Å². The Morgan fingerprint density at radius 3 is 2.73 bits per heavy atom. The number of nitriles is 1. The quantitative estimate of drug-likeness (QED) is 0.493. The third-order valence-electron chi connectivity index (χ3n) is 7.39. The van der Waals surface area contributed by atoms with E-state index in [1.54, 1.807) is 12.1 Å². The summed E-state index contributed by atoms with van der Waals surface area (Å²) in [5, 5.41) is 16.0. The first-order valence-electron chi connectivity index (χ1n) is 12.3. The Morgan fingerprint density at radius 2 is 2.03 bits per heavy atom. The van der Waals surface area contributed by atoms with Gasteiger partial charge in [-0.15, -0.1) is 0 Å². The van der Waals surface area contributed by atoms with Crippen molar-refractivity contribution in [1.82, 2.24) is 15.2 Å². The van der Waals surface area contributed by atoms with Gasteiger partial charge in [0.2, 0.25) is 11.8 Å². The number of hydrogen-bond acceptors (Lipinski definition) is 4. The summed E-state index contributed by atoms with van der Waals surface area (Å²) in [6.45, 7) is 5.83. The van der Waals surface area contributed by atoms with Crippen LogP contribution in [0.25, 0.3) is 10.9 Å². The number of anilines is 1. The molecule has 190 valence electrons. The molecule has 1 spiro atoms. The Morgan fingerprint density at radius 1 is 1.27 bits per heavy atom. The van der Waals surface area contributed by atoms with Gasteiger partial charge in [0.1, 0.15) is 23.6 Å². The maximum atomic E-state index is 14.1. The van der Waals surface area contributed by atoms with E-state index in [2.05, 4.69) is 21.7 Å². The predicted molar refractivity (Wildman–Crippen MR) is 136 cm³/mol. The van der Waals surface area contributed by atoms with Crippen LogP contribution in [0.5, 0.6) is 0 Å². The largest absolute Gasteiger partial charge is 0.350 e. The lowest BCUT2D eigenvalue weighted by Crippen LogP contribution is -2.51. The summed E-state index contributed by atoms with van der Waals surface area (Å²) in [5.74, 6) is -1.58. The molecule has 37 heavy (non-hydrogen) atoms. The zero-order valence-electron chi connectivity index (χ0n) is 20.9. The van der Waals surface area contributed by atoms with Gasteiger partial charge in [-0.05, 0) is 54.7 Å². The number of rotatable bonds is 5. The molecule has 3 aromatic rings. The van der Waals surface area contributed by atoms with E-state index in [4.69, 9.17) is 0 Å².